The molecule has 0 radical (unpaired) electrons. The quantitative estimate of drug-likeness (QED) is 0.931. The number of benzene rings is 1. The van der Waals surface area contributed by atoms with Crippen molar-refractivity contribution >= 4 is 11.0 Å². The van der Waals surface area contributed by atoms with Crippen LogP contribution in [0.3, 0.4) is 0 Å². The number of hydrogen-bond acceptors (Lipinski definition) is 2. The van der Waals surface area contributed by atoms with Gasteiger partial charge in [0.15, 0.2) is 5.82 Å². The molecule has 21 heavy (non-hydrogen) atoms. The van der Waals surface area contributed by atoms with Crippen molar-refractivity contribution in [3.63, 3.8) is 0 Å². The minimum Gasteiger partial charge on any atom is -0.327 e. The highest BCUT2D eigenvalue weighted by atomic mass is 19.1. The second kappa shape index (κ2) is 5.76. The van der Waals surface area contributed by atoms with Crippen LogP contribution in [0.15, 0.2) is 18.2 Å². The molecule has 0 aliphatic carbocycles. The molecule has 1 aliphatic rings. The third kappa shape index (κ3) is 2.35. The molecule has 0 atom stereocenters. The highest BCUT2D eigenvalue weighted by molar-refractivity contribution is 5.77. The molecule has 0 spiro atoms. The minimum atomic E-state index is -0.205. The summed E-state index contributed by atoms with van der Waals surface area (Å²) in [6, 6.07) is 5.29. The Morgan fingerprint density at radius 3 is 2.71 bits per heavy atom. The number of piperidine rings is 1. The molecule has 114 valence electrons. The smallest absolute Gasteiger partial charge is 0.151 e. The zero-order chi connectivity index (χ0) is 14.9. The summed E-state index contributed by atoms with van der Waals surface area (Å²) < 4.78 is 16.4. The van der Waals surface area contributed by atoms with Gasteiger partial charge in [0.1, 0.15) is 11.3 Å². The van der Waals surface area contributed by atoms with Gasteiger partial charge in [0, 0.05) is 12.0 Å². The van der Waals surface area contributed by atoms with Crippen molar-refractivity contribution in [3.05, 3.63) is 29.8 Å². The van der Waals surface area contributed by atoms with Gasteiger partial charge in [0.2, 0.25) is 0 Å². The zero-order valence-electron chi connectivity index (χ0n) is 13.0. The van der Waals surface area contributed by atoms with Crippen molar-refractivity contribution in [2.45, 2.75) is 51.5 Å². The van der Waals surface area contributed by atoms with Crippen molar-refractivity contribution in [1.82, 2.24) is 14.9 Å². The van der Waals surface area contributed by atoms with E-state index in [4.69, 9.17) is 4.98 Å². The zero-order valence-corrected chi connectivity index (χ0v) is 13.0. The lowest BCUT2D eigenvalue weighted by Gasteiger charge is -2.36. The summed E-state index contributed by atoms with van der Waals surface area (Å²) >= 11 is 0. The highest BCUT2D eigenvalue weighted by Crippen LogP contribution is 2.38. The lowest BCUT2D eigenvalue weighted by atomic mass is 9.76. The number of rotatable bonds is 4. The Balaban J connectivity index is 2.20. The van der Waals surface area contributed by atoms with Gasteiger partial charge >= 0.3 is 0 Å². The van der Waals surface area contributed by atoms with Gasteiger partial charge in [-0.3, -0.25) is 0 Å². The molecule has 2 aromatic rings. The molecule has 1 N–H and O–H groups in total. The molecule has 2 heterocycles. The van der Waals surface area contributed by atoms with Gasteiger partial charge in [-0.25, -0.2) is 9.37 Å². The monoisotopic (exact) mass is 289 g/mol. The van der Waals surface area contributed by atoms with Crippen molar-refractivity contribution in [1.29, 1.82) is 0 Å². The molecule has 1 fully saturated rings. The van der Waals surface area contributed by atoms with Crippen LogP contribution in [0.1, 0.15) is 45.4 Å². The summed E-state index contributed by atoms with van der Waals surface area (Å²) in [5, 5.41) is 3.43. The van der Waals surface area contributed by atoms with Gasteiger partial charge in [-0.15, -0.1) is 0 Å². The second-order valence-corrected chi connectivity index (χ2v) is 6.08. The van der Waals surface area contributed by atoms with E-state index in [2.05, 4.69) is 23.7 Å². The molecule has 1 aromatic carbocycles. The van der Waals surface area contributed by atoms with Crippen LogP contribution in [0.4, 0.5) is 4.39 Å². The fraction of sp³-hybridized carbons (Fsp3) is 0.588. The second-order valence-electron chi connectivity index (χ2n) is 6.08. The Hall–Kier alpha value is -1.42. The first-order chi connectivity index (χ1) is 10.2. The molecule has 3 rings (SSSR count). The van der Waals surface area contributed by atoms with Crippen molar-refractivity contribution < 1.29 is 4.39 Å². The predicted molar refractivity (Wildman–Crippen MR) is 84.1 cm³/mol. The molecule has 0 saturated carbocycles. The van der Waals surface area contributed by atoms with E-state index in [0.29, 0.717) is 5.52 Å². The number of aryl methyl sites for hydroxylation is 1. The molecule has 1 saturated heterocycles. The Bertz CT molecular complexity index is 626. The molecule has 1 aromatic heterocycles. The highest BCUT2D eigenvalue weighted by Gasteiger charge is 2.37. The molecule has 1 aliphatic heterocycles. The lowest BCUT2D eigenvalue weighted by Crippen LogP contribution is -2.41. The molecule has 0 unspecified atom stereocenters. The van der Waals surface area contributed by atoms with Crippen LogP contribution < -0.4 is 5.32 Å². The average molecular weight is 289 g/mol. The Labute approximate surface area is 125 Å². The topological polar surface area (TPSA) is 29.9 Å². The maximum Gasteiger partial charge on any atom is 0.151 e. The van der Waals surface area contributed by atoms with Crippen molar-refractivity contribution in [2.75, 3.05) is 13.1 Å². The molecular weight excluding hydrogens is 265 g/mol. The molecule has 0 amide bonds. The Kier molecular flexibility index (Phi) is 3.98. The van der Waals surface area contributed by atoms with Crippen LogP contribution in [0.2, 0.25) is 0 Å². The summed E-state index contributed by atoms with van der Waals surface area (Å²) in [6.07, 6.45) is 4.26. The number of nitrogens with one attached hydrogen (secondary N) is 1. The molecule has 0 bridgehead atoms. The van der Waals surface area contributed by atoms with Gasteiger partial charge in [0.25, 0.3) is 0 Å². The van der Waals surface area contributed by atoms with Gasteiger partial charge in [-0.05, 0) is 50.9 Å². The SMILES string of the molecule is CCCn1c(C2(CC)CCNCC2)nc2c(F)cccc21. The van der Waals surface area contributed by atoms with Crippen LogP contribution in [-0.2, 0) is 12.0 Å². The third-order valence-corrected chi connectivity index (χ3v) is 4.89. The maximum absolute atomic E-state index is 14.1. The van der Waals surface area contributed by atoms with Crippen LogP contribution in [0, 0.1) is 5.82 Å². The summed E-state index contributed by atoms with van der Waals surface area (Å²) in [5.41, 5.74) is 1.57. The number of halogens is 1. The number of imidazole rings is 1. The average Bonchev–Trinajstić information content (AvgIpc) is 2.89. The number of fused-ring (bicyclic) bond motifs is 1. The van der Waals surface area contributed by atoms with Gasteiger partial charge < -0.3 is 9.88 Å². The van der Waals surface area contributed by atoms with E-state index in [1.54, 1.807) is 6.07 Å². The molecular formula is C17H24FN3. The summed E-state index contributed by atoms with van der Waals surface area (Å²) in [6.45, 7) is 7.34. The van der Waals surface area contributed by atoms with Crippen LogP contribution >= 0.6 is 0 Å². The number of hydrogen-bond donors (Lipinski definition) is 1. The molecule has 4 heteroatoms. The van der Waals surface area contributed by atoms with E-state index >= 15 is 0 Å². The van der Waals surface area contributed by atoms with Crippen molar-refractivity contribution in [2.24, 2.45) is 0 Å². The summed E-state index contributed by atoms with van der Waals surface area (Å²) in [4.78, 5) is 4.76. The normalized spacial score (nSPS) is 18.2. The first-order valence-corrected chi connectivity index (χ1v) is 8.08. The molecule has 3 nitrogen and oxygen atoms in total. The maximum atomic E-state index is 14.1. The van der Waals surface area contributed by atoms with Crippen LogP contribution in [-0.4, -0.2) is 22.6 Å². The number of aromatic nitrogens is 2. The van der Waals surface area contributed by atoms with Crippen LogP contribution in [0.25, 0.3) is 11.0 Å². The van der Waals surface area contributed by atoms with Gasteiger partial charge in [0.05, 0.1) is 5.52 Å². The first kappa shape index (κ1) is 14.5. The fourth-order valence-corrected chi connectivity index (χ4v) is 3.61. The third-order valence-electron chi connectivity index (χ3n) is 4.89. The number of para-hydroxylation sites is 1. The van der Waals surface area contributed by atoms with Gasteiger partial charge in [-0.2, -0.15) is 0 Å². The first-order valence-electron chi connectivity index (χ1n) is 8.08. The van der Waals surface area contributed by atoms with E-state index < -0.39 is 0 Å². The van der Waals surface area contributed by atoms with Gasteiger partial charge in [-0.1, -0.05) is 19.9 Å². The minimum absolute atomic E-state index is 0.0892. The van der Waals surface area contributed by atoms with Crippen LogP contribution in [0.5, 0.6) is 0 Å². The summed E-state index contributed by atoms with van der Waals surface area (Å²) in [5.74, 6) is 0.886. The standard InChI is InChI=1S/C17H24FN3/c1-3-12-21-14-7-5-6-13(18)15(14)20-16(21)17(4-2)8-10-19-11-9-17/h5-7,19H,3-4,8-12H2,1-2H3. The van der Waals surface area contributed by atoms with E-state index in [1.165, 1.54) is 6.07 Å². The van der Waals surface area contributed by atoms with E-state index in [1.807, 2.05) is 6.07 Å². The Morgan fingerprint density at radius 1 is 1.29 bits per heavy atom. The lowest BCUT2D eigenvalue weighted by molar-refractivity contribution is 0.274. The van der Waals surface area contributed by atoms with E-state index in [-0.39, 0.29) is 11.2 Å². The number of nitrogens with zero attached hydrogens (tertiary/aromatic N) is 2. The predicted octanol–water partition coefficient (Wildman–Crippen LogP) is 3.62. The summed E-state index contributed by atoms with van der Waals surface area (Å²) in [7, 11) is 0. The van der Waals surface area contributed by atoms with Crippen molar-refractivity contribution in [3.8, 4) is 0 Å². The van der Waals surface area contributed by atoms with E-state index in [0.717, 1.165) is 56.7 Å². The fourth-order valence-electron chi connectivity index (χ4n) is 3.61. The Morgan fingerprint density at radius 2 is 2.05 bits per heavy atom. The van der Waals surface area contributed by atoms with E-state index in [9.17, 15) is 4.39 Å². The largest absolute Gasteiger partial charge is 0.327 e.